The largest absolute Gasteiger partial charge is 0.487 e. The fourth-order valence-corrected chi connectivity index (χ4v) is 1.53. The van der Waals surface area contributed by atoms with Crippen molar-refractivity contribution in [2.45, 2.75) is 6.61 Å². The zero-order chi connectivity index (χ0) is 10.5. The molecule has 0 saturated heterocycles. The van der Waals surface area contributed by atoms with Crippen molar-refractivity contribution in [1.29, 1.82) is 0 Å². The lowest BCUT2D eigenvalue weighted by molar-refractivity contribution is 0.301. The summed E-state index contributed by atoms with van der Waals surface area (Å²) in [6.07, 6.45) is 1.77. The van der Waals surface area contributed by atoms with E-state index < -0.39 is 0 Å². The molecule has 2 nitrogen and oxygen atoms in total. The average molecular weight is 311 g/mol. The summed E-state index contributed by atoms with van der Waals surface area (Å²) in [6, 6.07) is 13.8. The van der Waals surface area contributed by atoms with Gasteiger partial charge in [0.25, 0.3) is 0 Å². The van der Waals surface area contributed by atoms with E-state index in [4.69, 9.17) is 4.74 Å². The highest BCUT2D eigenvalue weighted by atomic mass is 127. The molecule has 1 heterocycles. The van der Waals surface area contributed by atoms with Gasteiger partial charge in [0.05, 0.1) is 5.69 Å². The normalized spacial score (nSPS) is 9.93. The van der Waals surface area contributed by atoms with Gasteiger partial charge in [-0.3, -0.25) is 4.98 Å². The number of hydrogen-bond donors (Lipinski definition) is 0. The first-order chi connectivity index (χ1) is 7.34. The van der Waals surface area contributed by atoms with Crippen LogP contribution in [0.5, 0.6) is 5.75 Å². The molecule has 0 radical (unpaired) electrons. The van der Waals surface area contributed by atoms with E-state index in [2.05, 4.69) is 27.6 Å². The Labute approximate surface area is 102 Å². The van der Waals surface area contributed by atoms with Gasteiger partial charge in [-0.25, -0.2) is 0 Å². The molecule has 0 atom stereocenters. The molecule has 0 aliphatic carbocycles. The van der Waals surface area contributed by atoms with Gasteiger partial charge in [-0.15, -0.1) is 0 Å². The van der Waals surface area contributed by atoms with Crippen LogP contribution in [0.2, 0.25) is 0 Å². The Morgan fingerprint density at radius 2 is 1.87 bits per heavy atom. The van der Waals surface area contributed by atoms with Crippen molar-refractivity contribution in [1.82, 2.24) is 4.98 Å². The Kier molecular flexibility index (Phi) is 3.55. The SMILES string of the molecule is Ic1ccc(OCc2ccccn2)cc1. The summed E-state index contributed by atoms with van der Waals surface area (Å²) >= 11 is 2.27. The van der Waals surface area contributed by atoms with E-state index in [9.17, 15) is 0 Å². The molecule has 0 amide bonds. The summed E-state index contributed by atoms with van der Waals surface area (Å²) in [7, 11) is 0. The van der Waals surface area contributed by atoms with Crippen LogP contribution >= 0.6 is 22.6 Å². The van der Waals surface area contributed by atoms with Crippen LogP contribution in [0, 0.1) is 3.57 Å². The van der Waals surface area contributed by atoms with Crippen LogP contribution in [-0.2, 0) is 6.61 Å². The third-order valence-corrected chi connectivity index (χ3v) is 2.65. The minimum absolute atomic E-state index is 0.515. The lowest BCUT2D eigenvalue weighted by atomic mass is 10.3. The summed E-state index contributed by atoms with van der Waals surface area (Å²) in [6.45, 7) is 0.515. The first-order valence-corrected chi connectivity index (χ1v) is 5.71. The Bertz CT molecular complexity index is 413. The molecule has 0 fully saturated rings. The maximum Gasteiger partial charge on any atom is 0.130 e. The number of halogens is 1. The molecule has 3 heteroatoms. The molecule has 1 aromatic carbocycles. The zero-order valence-electron chi connectivity index (χ0n) is 8.06. The van der Waals surface area contributed by atoms with Gasteiger partial charge in [-0.05, 0) is 59.0 Å². The molecule has 2 rings (SSSR count). The van der Waals surface area contributed by atoms with Gasteiger partial charge in [0.1, 0.15) is 12.4 Å². The number of benzene rings is 1. The van der Waals surface area contributed by atoms with Gasteiger partial charge in [0.15, 0.2) is 0 Å². The zero-order valence-corrected chi connectivity index (χ0v) is 10.2. The van der Waals surface area contributed by atoms with Crippen LogP contribution in [-0.4, -0.2) is 4.98 Å². The topological polar surface area (TPSA) is 22.1 Å². The molecule has 2 aromatic rings. The Morgan fingerprint density at radius 1 is 1.07 bits per heavy atom. The van der Waals surface area contributed by atoms with E-state index in [0.29, 0.717) is 6.61 Å². The van der Waals surface area contributed by atoms with Crippen LogP contribution in [0.15, 0.2) is 48.7 Å². The monoisotopic (exact) mass is 311 g/mol. The number of pyridine rings is 1. The summed E-state index contributed by atoms with van der Waals surface area (Å²) < 4.78 is 6.79. The van der Waals surface area contributed by atoms with Crippen molar-refractivity contribution < 1.29 is 4.74 Å². The van der Waals surface area contributed by atoms with Gasteiger partial charge in [-0.2, -0.15) is 0 Å². The molecule has 15 heavy (non-hydrogen) atoms. The molecular formula is C12H10INO. The fraction of sp³-hybridized carbons (Fsp3) is 0.0833. The molecule has 0 bridgehead atoms. The number of ether oxygens (including phenoxy) is 1. The van der Waals surface area contributed by atoms with Crippen molar-refractivity contribution in [2.24, 2.45) is 0 Å². The quantitative estimate of drug-likeness (QED) is 0.812. The number of nitrogens with zero attached hydrogens (tertiary/aromatic N) is 1. The second-order valence-electron chi connectivity index (χ2n) is 3.06. The van der Waals surface area contributed by atoms with Crippen LogP contribution in [0.25, 0.3) is 0 Å². The van der Waals surface area contributed by atoms with Gasteiger partial charge in [-0.1, -0.05) is 6.07 Å². The highest BCUT2D eigenvalue weighted by molar-refractivity contribution is 14.1. The van der Waals surface area contributed by atoms with Gasteiger partial charge in [0.2, 0.25) is 0 Å². The van der Waals surface area contributed by atoms with Crippen LogP contribution in [0.4, 0.5) is 0 Å². The van der Waals surface area contributed by atoms with Crippen molar-refractivity contribution in [3.63, 3.8) is 0 Å². The molecule has 76 valence electrons. The second kappa shape index (κ2) is 5.11. The predicted octanol–water partition coefficient (Wildman–Crippen LogP) is 3.27. The Morgan fingerprint density at radius 3 is 2.53 bits per heavy atom. The van der Waals surface area contributed by atoms with Gasteiger partial charge < -0.3 is 4.74 Å². The molecule has 0 N–H and O–H groups in total. The molecule has 1 aromatic heterocycles. The second-order valence-corrected chi connectivity index (χ2v) is 4.31. The van der Waals surface area contributed by atoms with Gasteiger partial charge >= 0.3 is 0 Å². The smallest absolute Gasteiger partial charge is 0.130 e. The predicted molar refractivity (Wildman–Crippen MR) is 67.7 cm³/mol. The Hall–Kier alpha value is -1.10. The number of hydrogen-bond acceptors (Lipinski definition) is 2. The molecule has 0 saturated carbocycles. The molecule has 0 aliphatic rings. The van der Waals surface area contributed by atoms with E-state index in [0.717, 1.165) is 11.4 Å². The third-order valence-electron chi connectivity index (χ3n) is 1.93. The van der Waals surface area contributed by atoms with Crippen LogP contribution in [0.3, 0.4) is 0 Å². The van der Waals surface area contributed by atoms with E-state index >= 15 is 0 Å². The minimum atomic E-state index is 0.515. The lowest BCUT2D eigenvalue weighted by Gasteiger charge is -2.05. The average Bonchev–Trinajstić information content (AvgIpc) is 2.30. The van der Waals surface area contributed by atoms with Crippen LogP contribution < -0.4 is 4.74 Å². The van der Waals surface area contributed by atoms with E-state index in [1.54, 1.807) is 6.20 Å². The highest BCUT2D eigenvalue weighted by Gasteiger charge is 1.95. The van der Waals surface area contributed by atoms with Crippen LogP contribution in [0.1, 0.15) is 5.69 Å². The van der Waals surface area contributed by atoms with Crippen molar-refractivity contribution in [3.05, 3.63) is 57.9 Å². The molecular weight excluding hydrogens is 301 g/mol. The van der Waals surface area contributed by atoms with Crippen molar-refractivity contribution in [3.8, 4) is 5.75 Å². The van der Waals surface area contributed by atoms with E-state index in [1.807, 2.05) is 42.5 Å². The summed E-state index contributed by atoms with van der Waals surface area (Å²) in [4.78, 5) is 4.18. The van der Waals surface area contributed by atoms with E-state index in [1.165, 1.54) is 3.57 Å². The molecule has 0 aliphatic heterocycles. The lowest BCUT2D eigenvalue weighted by Crippen LogP contribution is -1.97. The summed E-state index contributed by atoms with van der Waals surface area (Å²) in [5.41, 5.74) is 0.941. The first-order valence-electron chi connectivity index (χ1n) is 4.63. The minimum Gasteiger partial charge on any atom is -0.487 e. The molecule has 0 spiro atoms. The standard InChI is InChI=1S/C12H10INO/c13-10-4-6-12(7-5-10)15-9-11-3-1-2-8-14-11/h1-8H,9H2. The maximum atomic E-state index is 5.58. The fourth-order valence-electron chi connectivity index (χ4n) is 1.17. The highest BCUT2D eigenvalue weighted by Crippen LogP contribution is 2.14. The third kappa shape index (κ3) is 3.20. The summed E-state index contributed by atoms with van der Waals surface area (Å²) in [5, 5.41) is 0. The maximum absolute atomic E-state index is 5.58. The van der Waals surface area contributed by atoms with Gasteiger partial charge in [0, 0.05) is 9.77 Å². The molecule has 0 unspecified atom stereocenters. The number of rotatable bonds is 3. The summed E-state index contributed by atoms with van der Waals surface area (Å²) in [5.74, 6) is 0.876. The first kappa shape index (κ1) is 10.4. The van der Waals surface area contributed by atoms with E-state index in [-0.39, 0.29) is 0 Å². The van der Waals surface area contributed by atoms with Crippen molar-refractivity contribution >= 4 is 22.6 Å². The van der Waals surface area contributed by atoms with Crippen molar-refractivity contribution in [2.75, 3.05) is 0 Å². The Balaban J connectivity index is 1.96. The number of aromatic nitrogens is 1.